The topological polar surface area (TPSA) is 78.9 Å². The van der Waals surface area contributed by atoms with Gasteiger partial charge in [-0.15, -0.1) is 11.3 Å². The summed E-state index contributed by atoms with van der Waals surface area (Å²) < 4.78 is 5.29. The van der Waals surface area contributed by atoms with Crippen molar-refractivity contribution in [2.24, 2.45) is 0 Å². The van der Waals surface area contributed by atoms with Crippen molar-refractivity contribution >= 4 is 23.2 Å². The number of carboxylic acid groups (broad SMARTS) is 1. The highest BCUT2D eigenvalue weighted by atomic mass is 32.1. The number of ether oxygens (including phenoxy) is 1. The molecule has 21 heavy (non-hydrogen) atoms. The molecule has 0 radical (unpaired) electrons. The first-order chi connectivity index (χ1) is 10.1. The lowest BCUT2D eigenvalue weighted by Crippen LogP contribution is -2.50. The Hall–Kier alpha value is -1.44. The van der Waals surface area contributed by atoms with Crippen molar-refractivity contribution in [3.63, 3.8) is 0 Å². The normalized spacial score (nSPS) is 19.3. The average molecular weight is 312 g/mol. The van der Waals surface area contributed by atoms with Crippen molar-refractivity contribution in [2.45, 2.75) is 18.9 Å². The fourth-order valence-corrected chi connectivity index (χ4v) is 3.02. The quantitative estimate of drug-likeness (QED) is 0.770. The lowest BCUT2D eigenvalue weighted by atomic mass is 10.1. The van der Waals surface area contributed by atoms with Crippen LogP contribution in [0.25, 0.3) is 0 Å². The predicted octanol–water partition coefficient (Wildman–Crippen LogP) is 0.582. The van der Waals surface area contributed by atoms with Crippen LogP contribution in [0, 0.1) is 0 Å². The maximum atomic E-state index is 11.9. The van der Waals surface area contributed by atoms with Crippen LogP contribution in [0.2, 0.25) is 0 Å². The summed E-state index contributed by atoms with van der Waals surface area (Å²) in [5.74, 6) is -0.933. The summed E-state index contributed by atoms with van der Waals surface area (Å²) in [5, 5.41) is 13.8. The Labute approximate surface area is 127 Å². The molecule has 0 saturated carbocycles. The van der Waals surface area contributed by atoms with Crippen molar-refractivity contribution in [1.82, 2.24) is 10.2 Å². The highest BCUT2D eigenvalue weighted by Crippen LogP contribution is 2.10. The van der Waals surface area contributed by atoms with Crippen molar-refractivity contribution in [2.75, 3.05) is 32.8 Å². The molecule has 6 nitrogen and oxygen atoms in total. The minimum Gasteiger partial charge on any atom is -0.481 e. The third-order valence-corrected chi connectivity index (χ3v) is 4.32. The van der Waals surface area contributed by atoms with Gasteiger partial charge in [0.1, 0.15) is 0 Å². The number of hydrogen-bond acceptors (Lipinski definition) is 5. The maximum Gasteiger partial charge on any atom is 0.305 e. The number of carboxylic acids is 1. The molecular formula is C14H20N2O4S. The molecule has 0 bridgehead atoms. The van der Waals surface area contributed by atoms with E-state index in [9.17, 15) is 9.59 Å². The number of nitrogens with one attached hydrogen (secondary N) is 1. The Morgan fingerprint density at radius 3 is 3.10 bits per heavy atom. The van der Waals surface area contributed by atoms with E-state index in [1.807, 2.05) is 22.4 Å². The van der Waals surface area contributed by atoms with Crippen LogP contribution in [-0.4, -0.2) is 60.8 Å². The molecule has 0 aliphatic carbocycles. The molecule has 1 atom stereocenters. The average Bonchev–Trinajstić information content (AvgIpc) is 2.93. The van der Waals surface area contributed by atoms with Gasteiger partial charge in [-0.1, -0.05) is 6.07 Å². The molecule has 2 rings (SSSR count). The van der Waals surface area contributed by atoms with Gasteiger partial charge in [0.05, 0.1) is 26.2 Å². The smallest absolute Gasteiger partial charge is 0.305 e. The van der Waals surface area contributed by atoms with Gasteiger partial charge in [0.25, 0.3) is 0 Å². The molecule has 7 heteroatoms. The molecule has 2 heterocycles. The number of morpholine rings is 1. The number of amides is 1. The van der Waals surface area contributed by atoms with E-state index in [4.69, 9.17) is 9.84 Å². The van der Waals surface area contributed by atoms with Gasteiger partial charge in [0.15, 0.2) is 0 Å². The van der Waals surface area contributed by atoms with Crippen molar-refractivity contribution in [1.29, 1.82) is 0 Å². The molecule has 1 aromatic heterocycles. The highest BCUT2D eigenvalue weighted by molar-refractivity contribution is 7.09. The SMILES string of the molecule is O=C(O)CC1COCCN1CC(=O)NCCc1cccs1. The van der Waals surface area contributed by atoms with E-state index in [1.54, 1.807) is 11.3 Å². The van der Waals surface area contributed by atoms with Gasteiger partial charge in [0, 0.05) is 24.0 Å². The van der Waals surface area contributed by atoms with E-state index in [0.717, 1.165) is 6.42 Å². The summed E-state index contributed by atoms with van der Waals surface area (Å²) >= 11 is 1.67. The second kappa shape index (κ2) is 8.11. The molecule has 0 spiro atoms. The van der Waals surface area contributed by atoms with Crippen LogP contribution < -0.4 is 5.32 Å². The lowest BCUT2D eigenvalue weighted by molar-refractivity contribution is -0.141. The van der Waals surface area contributed by atoms with Crippen molar-refractivity contribution in [3.05, 3.63) is 22.4 Å². The zero-order valence-corrected chi connectivity index (χ0v) is 12.6. The van der Waals surface area contributed by atoms with Gasteiger partial charge in [0.2, 0.25) is 5.91 Å². The molecular weight excluding hydrogens is 292 g/mol. The first-order valence-corrected chi connectivity index (χ1v) is 7.86. The predicted molar refractivity (Wildman–Crippen MR) is 79.5 cm³/mol. The van der Waals surface area contributed by atoms with Crippen molar-refractivity contribution in [3.8, 4) is 0 Å². The minimum absolute atomic E-state index is 0.00246. The van der Waals surface area contributed by atoms with Gasteiger partial charge in [-0.3, -0.25) is 14.5 Å². The first-order valence-electron chi connectivity index (χ1n) is 6.98. The van der Waals surface area contributed by atoms with Gasteiger partial charge in [-0.05, 0) is 17.9 Å². The number of thiophene rings is 1. The minimum atomic E-state index is -0.867. The van der Waals surface area contributed by atoms with Crippen LogP contribution in [0.1, 0.15) is 11.3 Å². The number of hydrogen-bond donors (Lipinski definition) is 2. The van der Waals surface area contributed by atoms with Crippen LogP contribution in [-0.2, 0) is 20.7 Å². The summed E-state index contributed by atoms with van der Waals surface area (Å²) in [7, 11) is 0. The number of carbonyl (C=O) groups is 2. The maximum absolute atomic E-state index is 11.9. The van der Waals surface area contributed by atoms with E-state index in [0.29, 0.717) is 26.3 Å². The van der Waals surface area contributed by atoms with Crippen LogP contribution in [0.3, 0.4) is 0 Å². The van der Waals surface area contributed by atoms with Crippen LogP contribution >= 0.6 is 11.3 Å². The summed E-state index contributed by atoms with van der Waals surface area (Å²) in [6.45, 7) is 2.34. The van der Waals surface area contributed by atoms with Gasteiger partial charge in [-0.2, -0.15) is 0 Å². The molecule has 1 amide bonds. The lowest BCUT2D eigenvalue weighted by Gasteiger charge is -2.34. The molecule has 1 aromatic rings. The third kappa shape index (κ3) is 5.45. The Morgan fingerprint density at radius 1 is 1.52 bits per heavy atom. The Balaban J connectivity index is 1.73. The van der Waals surface area contributed by atoms with Gasteiger partial charge < -0.3 is 15.2 Å². The summed E-state index contributed by atoms with van der Waals surface area (Å²) in [6, 6.07) is 3.81. The molecule has 116 valence electrons. The number of carbonyl (C=O) groups excluding carboxylic acids is 1. The molecule has 0 aromatic carbocycles. The van der Waals surface area contributed by atoms with E-state index in [1.165, 1.54) is 4.88 Å². The van der Waals surface area contributed by atoms with E-state index in [2.05, 4.69) is 5.32 Å². The van der Waals surface area contributed by atoms with E-state index >= 15 is 0 Å². The Kier molecular flexibility index (Phi) is 6.16. The Bertz CT molecular complexity index is 464. The summed E-state index contributed by atoms with van der Waals surface area (Å²) in [4.78, 5) is 25.9. The molecule has 1 aliphatic rings. The van der Waals surface area contributed by atoms with Gasteiger partial charge >= 0.3 is 5.97 Å². The largest absolute Gasteiger partial charge is 0.481 e. The monoisotopic (exact) mass is 312 g/mol. The van der Waals surface area contributed by atoms with Crippen molar-refractivity contribution < 1.29 is 19.4 Å². The number of rotatable bonds is 7. The summed E-state index contributed by atoms with van der Waals surface area (Å²) in [5.41, 5.74) is 0. The van der Waals surface area contributed by atoms with E-state index in [-0.39, 0.29) is 24.9 Å². The fraction of sp³-hybridized carbons (Fsp3) is 0.571. The molecule has 2 N–H and O–H groups in total. The molecule has 1 unspecified atom stereocenters. The first kappa shape index (κ1) is 15.9. The fourth-order valence-electron chi connectivity index (χ4n) is 2.31. The summed E-state index contributed by atoms with van der Waals surface area (Å²) in [6.07, 6.45) is 0.827. The second-order valence-electron chi connectivity index (χ2n) is 4.98. The standard InChI is InChI=1S/C14H20N2O4S/c17-13(15-4-3-12-2-1-7-21-12)9-16-5-6-20-10-11(16)8-14(18)19/h1-2,7,11H,3-6,8-10H2,(H,15,17)(H,18,19). The Morgan fingerprint density at radius 2 is 2.38 bits per heavy atom. The van der Waals surface area contributed by atoms with Crippen LogP contribution in [0.4, 0.5) is 0 Å². The zero-order valence-electron chi connectivity index (χ0n) is 11.8. The van der Waals surface area contributed by atoms with Crippen LogP contribution in [0.15, 0.2) is 17.5 Å². The third-order valence-electron chi connectivity index (χ3n) is 3.38. The highest BCUT2D eigenvalue weighted by Gasteiger charge is 2.26. The van der Waals surface area contributed by atoms with E-state index < -0.39 is 5.97 Å². The zero-order chi connectivity index (χ0) is 15.1. The molecule has 1 fully saturated rings. The second-order valence-corrected chi connectivity index (χ2v) is 6.01. The van der Waals surface area contributed by atoms with Crippen LogP contribution in [0.5, 0.6) is 0 Å². The number of nitrogens with zero attached hydrogens (tertiary/aromatic N) is 1. The molecule has 1 aliphatic heterocycles. The molecule has 1 saturated heterocycles. The number of aliphatic carboxylic acids is 1. The van der Waals surface area contributed by atoms with Gasteiger partial charge in [-0.25, -0.2) is 0 Å².